The Hall–Kier alpha value is -1.19. The molecule has 110 valence electrons. The number of nitrogens with one attached hydrogen (secondary N) is 1. The van der Waals surface area contributed by atoms with Gasteiger partial charge in [-0.25, -0.2) is 0 Å². The predicted molar refractivity (Wildman–Crippen MR) is 75.7 cm³/mol. The first kappa shape index (κ1) is 17.8. The second-order valence-corrected chi connectivity index (χ2v) is 5.58. The minimum Gasteiger partial charge on any atom is -0.346 e. The van der Waals surface area contributed by atoms with Gasteiger partial charge >= 0.3 is 0 Å². The van der Waals surface area contributed by atoms with Gasteiger partial charge in [0.05, 0.1) is 6.04 Å². The first-order chi connectivity index (χ1) is 8.83. The van der Waals surface area contributed by atoms with Crippen LogP contribution in [0, 0.1) is 17.8 Å². The van der Waals surface area contributed by atoms with Crippen LogP contribution in [0.1, 0.15) is 53.9 Å². The highest BCUT2D eigenvalue weighted by Gasteiger charge is 2.24. The van der Waals surface area contributed by atoms with Crippen molar-refractivity contribution in [3.8, 4) is 0 Å². The Morgan fingerprint density at radius 2 is 1.74 bits per heavy atom. The molecule has 0 aliphatic rings. The summed E-state index contributed by atoms with van der Waals surface area (Å²) in [5.74, 6) is -0.162. The van der Waals surface area contributed by atoms with Gasteiger partial charge in [0.25, 0.3) is 0 Å². The summed E-state index contributed by atoms with van der Waals surface area (Å²) in [6.07, 6.45) is 3.14. The van der Waals surface area contributed by atoms with Crippen molar-refractivity contribution in [2.75, 3.05) is 0 Å². The Morgan fingerprint density at radius 1 is 1.16 bits per heavy atom. The molecule has 4 heteroatoms. The molecule has 0 heterocycles. The van der Waals surface area contributed by atoms with E-state index in [1.807, 2.05) is 27.7 Å². The van der Waals surface area contributed by atoms with Crippen LogP contribution in [0.4, 0.5) is 0 Å². The first-order valence-corrected chi connectivity index (χ1v) is 7.09. The molecule has 0 rings (SSSR count). The number of rotatable bonds is 9. The van der Waals surface area contributed by atoms with Crippen LogP contribution in [0.15, 0.2) is 0 Å². The van der Waals surface area contributed by atoms with Crippen molar-refractivity contribution in [2.24, 2.45) is 17.8 Å². The summed E-state index contributed by atoms with van der Waals surface area (Å²) in [4.78, 5) is 34.2. The van der Waals surface area contributed by atoms with E-state index in [1.54, 1.807) is 6.92 Å². The van der Waals surface area contributed by atoms with Crippen LogP contribution < -0.4 is 5.32 Å². The van der Waals surface area contributed by atoms with Crippen molar-refractivity contribution in [1.82, 2.24) is 5.32 Å². The molecule has 0 saturated carbocycles. The number of hydrogen-bond donors (Lipinski definition) is 1. The third-order valence-electron chi connectivity index (χ3n) is 3.66. The van der Waals surface area contributed by atoms with Crippen LogP contribution in [-0.4, -0.2) is 24.0 Å². The second-order valence-electron chi connectivity index (χ2n) is 5.58. The van der Waals surface area contributed by atoms with E-state index in [4.69, 9.17) is 0 Å². The van der Waals surface area contributed by atoms with Crippen molar-refractivity contribution in [2.45, 2.75) is 59.9 Å². The van der Waals surface area contributed by atoms with Gasteiger partial charge in [0, 0.05) is 11.8 Å². The van der Waals surface area contributed by atoms with Gasteiger partial charge in [-0.15, -0.1) is 0 Å². The lowest BCUT2D eigenvalue weighted by atomic mass is 9.89. The number of amides is 1. The average molecular weight is 269 g/mol. The molecule has 0 aromatic heterocycles. The van der Waals surface area contributed by atoms with Crippen molar-refractivity contribution in [3.05, 3.63) is 0 Å². The van der Waals surface area contributed by atoms with Gasteiger partial charge in [0.15, 0.2) is 0 Å². The maximum absolute atomic E-state index is 11.9. The van der Waals surface area contributed by atoms with E-state index in [0.717, 1.165) is 19.1 Å². The molecule has 0 saturated heterocycles. The highest BCUT2D eigenvalue weighted by Crippen LogP contribution is 2.16. The van der Waals surface area contributed by atoms with Crippen LogP contribution in [0.3, 0.4) is 0 Å². The summed E-state index contributed by atoms with van der Waals surface area (Å²) in [6, 6.07) is -0.506. The molecule has 0 aliphatic heterocycles. The normalized spacial score (nSPS) is 17.1. The molecular weight excluding hydrogens is 242 g/mol. The molecular formula is C15H27NO3. The summed E-state index contributed by atoms with van der Waals surface area (Å²) in [5, 5.41) is 2.78. The zero-order valence-corrected chi connectivity index (χ0v) is 12.7. The van der Waals surface area contributed by atoms with Crippen LogP contribution in [-0.2, 0) is 14.4 Å². The smallest absolute Gasteiger partial charge is 0.223 e. The van der Waals surface area contributed by atoms with Gasteiger partial charge in [-0.1, -0.05) is 34.1 Å². The van der Waals surface area contributed by atoms with Crippen molar-refractivity contribution in [3.63, 3.8) is 0 Å². The zero-order chi connectivity index (χ0) is 15.0. The third-order valence-corrected chi connectivity index (χ3v) is 3.66. The molecule has 0 aliphatic carbocycles. The molecule has 19 heavy (non-hydrogen) atoms. The first-order valence-electron chi connectivity index (χ1n) is 7.09. The molecule has 4 atom stereocenters. The largest absolute Gasteiger partial charge is 0.346 e. The molecule has 3 unspecified atom stereocenters. The fourth-order valence-electron chi connectivity index (χ4n) is 2.05. The topological polar surface area (TPSA) is 63.2 Å². The number of ketones is 1. The molecule has 0 fully saturated rings. The maximum atomic E-state index is 11.9. The van der Waals surface area contributed by atoms with E-state index in [9.17, 15) is 14.4 Å². The average Bonchev–Trinajstić information content (AvgIpc) is 2.35. The van der Waals surface area contributed by atoms with E-state index in [1.165, 1.54) is 0 Å². The van der Waals surface area contributed by atoms with Gasteiger partial charge in [-0.2, -0.15) is 0 Å². The van der Waals surface area contributed by atoms with Crippen LogP contribution >= 0.6 is 0 Å². The monoisotopic (exact) mass is 269 g/mol. The summed E-state index contributed by atoms with van der Waals surface area (Å²) in [7, 11) is 0. The summed E-state index contributed by atoms with van der Waals surface area (Å²) in [5.41, 5.74) is 0. The molecule has 0 spiro atoms. The maximum Gasteiger partial charge on any atom is 0.223 e. The Morgan fingerprint density at radius 3 is 2.16 bits per heavy atom. The highest BCUT2D eigenvalue weighted by molar-refractivity contribution is 5.81. The second kappa shape index (κ2) is 8.83. The number of carbonyl (C=O) groups is 3. The molecule has 0 bridgehead atoms. The fourth-order valence-corrected chi connectivity index (χ4v) is 2.05. The molecule has 4 nitrogen and oxygen atoms in total. The molecule has 0 radical (unpaired) electrons. The minimum absolute atomic E-state index is 0.0332. The van der Waals surface area contributed by atoms with Gasteiger partial charge in [0.2, 0.25) is 5.91 Å². The van der Waals surface area contributed by atoms with Crippen LogP contribution in [0.5, 0.6) is 0 Å². The number of carbonyl (C=O) groups excluding carboxylic acids is 3. The van der Waals surface area contributed by atoms with Crippen LogP contribution in [0.2, 0.25) is 0 Å². The van der Waals surface area contributed by atoms with Gasteiger partial charge in [0.1, 0.15) is 12.1 Å². The lowest BCUT2D eigenvalue weighted by Gasteiger charge is -2.23. The molecule has 1 amide bonds. The fraction of sp³-hybridized carbons (Fsp3) is 0.800. The summed E-state index contributed by atoms with van der Waals surface area (Å²) >= 11 is 0. The third kappa shape index (κ3) is 6.50. The van der Waals surface area contributed by atoms with E-state index in [0.29, 0.717) is 6.42 Å². The van der Waals surface area contributed by atoms with E-state index >= 15 is 0 Å². The standard InChI is InChI=1S/C15H27NO3/c1-6-7-10(2)15(19)16-14(9-17)12(4)8-11(3)13(5)18/h9-12,14H,6-8H2,1-5H3,(H,16,19)/t10?,11?,12?,14-/m1/s1. The van der Waals surface area contributed by atoms with Crippen molar-refractivity contribution >= 4 is 18.0 Å². The van der Waals surface area contributed by atoms with Crippen molar-refractivity contribution in [1.29, 1.82) is 0 Å². The highest BCUT2D eigenvalue weighted by atomic mass is 16.2. The zero-order valence-electron chi connectivity index (χ0n) is 12.7. The van der Waals surface area contributed by atoms with E-state index in [-0.39, 0.29) is 29.4 Å². The number of aldehydes is 1. The van der Waals surface area contributed by atoms with Crippen molar-refractivity contribution < 1.29 is 14.4 Å². The van der Waals surface area contributed by atoms with Gasteiger partial charge in [-0.05, 0) is 25.7 Å². The summed E-state index contributed by atoms with van der Waals surface area (Å²) in [6.45, 7) is 9.18. The minimum atomic E-state index is -0.506. The van der Waals surface area contributed by atoms with Gasteiger partial charge < -0.3 is 10.1 Å². The quantitative estimate of drug-likeness (QED) is 0.654. The van der Waals surface area contributed by atoms with E-state index < -0.39 is 6.04 Å². The Labute approximate surface area is 116 Å². The van der Waals surface area contributed by atoms with Gasteiger partial charge in [-0.3, -0.25) is 9.59 Å². The molecule has 1 N–H and O–H groups in total. The Bertz CT molecular complexity index is 315. The molecule has 0 aromatic carbocycles. The number of hydrogen-bond acceptors (Lipinski definition) is 3. The lowest BCUT2D eigenvalue weighted by molar-refractivity contribution is -0.128. The van der Waals surface area contributed by atoms with Crippen LogP contribution in [0.25, 0.3) is 0 Å². The summed E-state index contributed by atoms with van der Waals surface area (Å²) < 4.78 is 0. The van der Waals surface area contributed by atoms with E-state index in [2.05, 4.69) is 5.32 Å². The lowest BCUT2D eigenvalue weighted by Crippen LogP contribution is -2.43. The molecule has 0 aromatic rings. The predicted octanol–water partition coefficient (Wildman–Crippen LogP) is 2.36. The number of Topliss-reactive ketones (excluding diaryl/α,β-unsaturated/α-hetero) is 1. The Kier molecular flexibility index (Phi) is 8.28. The SMILES string of the molecule is CCCC(C)C(=O)N[C@H](C=O)C(C)CC(C)C(C)=O. The Balaban J connectivity index is 4.44.